The van der Waals surface area contributed by atoms with Crippen LogP contribution >= 0.6 is 11.1 Å². The molecule has 1 N–H and O–H groups in total. The maximum Gasteiger partial charge on any atom is 0.419 e. The molecule has 2 aliphatic heterocycles. The molecular weight excluding hydrogens is 571 g/mol. The van der Waals surface area contributed by atoms with Gasteiger partial charge in [-0.25, -0.2) is 9.99 Å². The maximum atomic E-state index is 13.5. The van der Waals surface area contributed by atoms with Gasteiger partial charge in [0.2, 0.25) is 0 Å². The number of benzene rings is 1. The van der Waals surface area contributed by atoms with E-state index in [9.17, 15) is 22.8 Å². The Balaban J connectivity index is 1.43. The van der Waals surface area contributed by atoms with Gasteiger partial charge in [-0.3, -0.25) is 9.59 Å². The Morgan fingerprint density at radius 1 is 1.24 bits per heavy atom. The molecule has 0 spiro atoms. The molecule has 1 aromatic carbocycles. The van der Waals surface area contributed by atoms with E-state index < -0.39 is 33.3 Å². The molecule has 0 bridgehead atoms. The zero-order valence-electron chi connectivity index (χ0n) is 24.1. The van der Waals surface area contributed by atoms with Crippen molar-refractivity contribution in [2.24, 2.45) is 5.92 Å². The van der Waals surface area contributed by atoms with Crippen molar-refractivity contribution in [3.05, 3.63) is 47.3 Å². The van der Waals surface area contributed by atoms with E-state index in [0.29, 0.717) is 38.5 Å². The number of carbonyl (C=O) groups excluding carboxylic acids is 2. The lowest BCUT2D eigenvalue weighted by Crippen LogP contribution is -2.38. The number of hydroxylamine groups is 2. The number of carbonyl (C=O) groups is 2. The first-order valence-electron chi connectivity index (χ1n) is 14.0. The zero-order valence-corrected chi connectivity index (χ0v) is 25.0. The van der Waals surface area contributed by atoms with Crippen molar-refractivity contribution in [2.45, 2.75) is 75.6 Å². The molecule has 0 saturated carbocycles. The van der Waals surface area contributed by atoms with Crippen molar-refractivity contribution in [3.63, 3.8) is 0 Å². The van der Waals surface area contributed by atoms with Crippen LogP contribution in [0.15, 0.2) is 35.4 Å². The first-order chi connectivity index (χ1) is 19.9. The molecule has 4 rings (SSSR count). The first-order valence-corrected chi connectivity index (χ1v) is 15.3. The number of pyridine rings is 1. The number of hydrogen-bond donors (Lipinski definition) is 2. The van der Waals surface area contributed by atoms with E-state index in [2.05, 4.69) is 9.82 Å². The van der Waals surface area contributed by atoms with Crippen LogP contribution < -0.4 is 14.6 Å². The molecule has 3 heterocycles. The summed E-state index contributed by atoms with van der Waals surface area (Å²) in [5.41, 5.74) is -1.04. The van der Waals surface area contributed by atoms with Crippen molar-refractivity contribution in [1.29, 1.82) is 5.26 Å². The number of amides is 1. The number of nitriles is 1. The number of halogens is 3. The van der Waals surface area contributed by atoms with Gasteiger partial charge in [0.25, 0.3) is 5.91 Å². The van der Waals surface area contributed by atoms with Crippen LogP contribution in [-0.2, 0) is 27.0 Å². The molecule has 13 heteroatoms. The molecule has 1 unspecified atom stereocenters. The molecular formula is C29H36F3N5O4S. The topological polar surface area (TPSA) is 108 Å². The smallest absolute Gasteiger partial charge is 0.419 e. The van der Waals surface area contributed by atoms with Gasteiger partial charge in [0.1, 0.15) is 11.8 Å². The van der Waals surface area contributed by atoms with Crippen LogP contribution in [0.3, 0.4) is 0 Å². The van der Waals surface area contributed by atoms with Gasteiger partial charge < -0.3 is 9.57 Å². The SMILES string of the molecule is CCC(=O)ON1CCC(CCOc2ccc([SH]3NN(c4cnc(C#N)c(C(F)(F)F)c4)C(=O)C3(C)C)cc2CC)CC1. The molecule has 1 aromatic heterocycles. The van der Waals surface area contributed by atoms with Gasteiger partial charge in [-0.2, -0.15) is 23.3 Å². The van der Waals surface area contributed by atoms with Crippen LogP contribution in [-0.4, -0.2) is 46.4 Å². The number of hydrazine groups is 1. The van der Waals surface area contributed by atoms with Crippen molar-refractivity contribution < 1.29 is 32.3 Å². The van der Waals surface area contributed by atoms with E-state index in [1.165, 1.54) is 6.07 Å². The van der Waals surface area contributed by atoms with Gasteiger partial charge in [-0.1, -0.05) is 13.8 Å². The van der Waals surface area contributed by atoms with E-state index in [0.717, 1.165) is 52.7 Å². The van der Waals surface area contributed by atoms with Crippen molar-refractivity contribution in [3.8, 4) is 11.8 Å². The lowest BCUT2D eigenvalue weighted by molar-refractivity contribution is -0.196. The third-order valence-electron chi connectivity index (χ3n) is 7.59. The van der Waals surface area contributed by atoms with E-state index in [1.807, 2.05) is 25.1 Å². The summed E-state index contributed by atoms with van der Waals surface area (Å²) in [6.45, 7) is 9.28. The number of thiol groups is 1. The number of nitrogens with zero attached hydrogens (tertiary/aromatic N) is 4. The lowest BCUT2D eigenvalue weighted by atomic mass is 9.95. The second kappa shape index (κ2) is 12.9. The summed E-state index contributed by atoms with van der Waals surface area (Å²) in [7, 11) is 0. The fourth-order valence-electron chi connectivity index (χ4n) is 5.03. The van der Waals surface area contributed by atoms with Crippen LogP contribution in [0.1, 0.15) is 70.2 Å². The Bertz CT molecular complexity index is 1360. The summed E-state index contributed by atoms with van der Waals surface area (Å²) in [5.74, 6) is 0.632. The normalized spacial score (nSPS) is 20.4. The Morgan fingerprint density at radius 2 is 1.95 bits per heavy atom. The summed E-state index contributed by atoms with van der Waals surface area (Å²) < 4.78 is 45.8. The van der Waals surface area contributed by atoms with Crippen molar-refractivity contribution >= 4 is 28.6 Å². The number of alkyl halides is 3. The molecule has 0 aliphatic carbocycles. The average Bonchev–Trinajstić information content (AvgIpc) is 3.21. The predicted octanol–water partition coefficient (Wildman–Crippen LogP) is 5.49. The van der Waals surface area contributed by atoms with Gasteiger partial charge in [0.05, 0.1) is 28.8 Å². The fourth-order valence-corrected chi connectivity index (χ4v) is 7.25. The largest absolute Gasteiger partial charge is 0.493 e. The van der Waals surface area contributed by atoms with Gasteiger partial charge in [0.15, 0.2) is 5.69 Å². The summed E-state index contributed by atoms with van der Waals surface area (Å²) in [6, 6.07) is 8.01. The number of rotatable bonds is 9. The summed E-state index contributed by atoms with van der Waals surface area (Å²) >= 11 is -1.35. The molecule has 228 valence electrons. The standard InChI is InChI=1S/C29H36F3N5O4S/c1-5-20-15-22(7-8-25(20)40-14-11-19-9-12-36(13-10-19)41-26(38)6-2)42-28(3,4)27(39)37(35-42)21-16-23(29(30,31)32)24(17-33)34-18-21/h7-8,15-16,18-19,35,42H,5-6,9-14H2,1-4H3. The maximum absolute atomic E-state index is 13.5. The number of ether oxygens (including phenoxy) is 1. The number of anilines is 1. The monoisotopic (exact) mass is 607 g/mol. The Labute approximate surface area is 246 Å². The average molecular weight is 608 g/mol. The lowest BCUT2D eigenvalue weighted by Gasteiger charge is -2.30. The Morgan fingerprint density at radius 3 is 2.57 bits per heavy atom. The van der Waals surface area contributed by atoms with Gasteiger partial charge >= 0.3 is 12.1 Å². The molecule has 1 amide bonds. The predicted molar refractivity (Wildman–Crippen MR) is 153 cm³/mol. The second-order valence-electron chi connectivity index (χ2n) is 10.8. The summed E-state index contributed by atoms with van der Waals surface area (Å²) in [5, 5.41) is 11.9. The van der Waals surface area contributed by atoms with E-state index in [-0.39, 0.29) is 17.6 Å². The molecule has 9 nitrogen and oxygen atoms in total. The molecule has 2 aliphatic rings. The van der Waals surface area contributed by atoms with Gasteiger partial charge in [-0.15, -0.1) is 16.1 Å². The van der Waals surface area contributed by atoms with Gasteiger partial charge in [-0.05, 0) is 75.3 Å². The molecule has 2 fully saturated rings. The quantitative estimate of drug-likeness (QED) is 0.361. The summed E-state index contributed by atoms with van der Waals surface area (Å²) in [4.78, 5) is 37.8. The van der Waals surface area contributed by atoms with Crippen LogP contribution in [0.25, 0.3) is 0 Å². The van der Waals surface area contributed by atoms with Crippen molar-refractivity contribution in [2.75, 3.05) is 24.7 Å². The molecule has 42 heavy (non-hydrogen) atoms. The highest BCUT2D eigenvalue weighted by atomic mass is 32.2. The third kappa shape index (κ3) is 6.82. The third-order valence-corrected chi connectivity index (χ3v) is 10.1. The van der Waals surface area contributed by atoms with Gasteiger partial charge in [0, 0.05) is 24.4 Å². The van der Waals surface area contributed by atoms with Crippen molar-refractivity contribution in [1.82, 2.24) is 14.9 Å². The highest BCUT2D eigenvalue weighted by molar-refractivity contribution is 8.17. The first kappa shape index (κ1) is 31.6. The molecule has 1 atom stereocenters. The van der Waals surface area contributed by atoms with Crippen LogP contribution in [0.4, 0.5) is 18.9 Å². The highest BCUT2D eigenvalue weighted by Crippen LogP contribution is 2.52. The number of nitrogens with one attached hydrogen (secondary N) is 1. The number of aromatic nitrogens is 1. The fraction of sp³-hybridized carbons (Fsp3) is 0.517. The van der Waals surface area contributed by atoms with E-state index in [4.69, 9.17) is 14.8 Å². The second-order valence-corrected chi connectivity index (χ2v) is 13.3. The minimum atomic E-state index is -4.79. The number of hydrogen-bond acceptors (Lipinski definition) is 8. The van der Waals surface area contributed by atoms with E-state index in [1.54, 1.807) is 25.8 Å². The summed E-state index contributed by atoms with van der Waals surface area (Å²) in [6.07, 6.45) is 0.0917. The molecule has 2 saturated heterocycles. The van der Waals surface area contributed by atoms with E-state index >= 15 is 0 Å². The van der Waals surface area contributed by atoms with Crippen LogP contribution in [0, 0.1) is 17.2 Å². The van der Waals surface area contributed by atoms with Crippen LogP contribution in [0.5, 0.6) is 5.75 Å². The Hall–Kier alpha value is -3.34. The number of piperidine rings is 1. The highest BCUT2D eigenvalue weighted by Gasteiger charge is 2.47. The Kier molecular flexibility index (Phi) is 9.70. The zero-order chi connectivity index (χ0) is 30.7. The molecule has 0 radical (unpaired) electrons. The minimum absolute atomic E-state index is 0.0746. The number of aryl methyl sites for hydroxylation is 1. The minimum Gasteiger partial charge on any atom is -0.493 e. The molecule has 2 aromatic rings. The van der Waals surface area contributed by atoms with Crippen LogP contribution in [0.2, 0.25) is 0 Å².